The average Bonchev–Trinajstić information content (AvgIpc) is 3.15. The maximum Gasteiger partial charge on any atom is 0.475 e. The van der Waals surface area contributed by atoms with Gasteiger partial charge in [-0.1, -0.05) is 6.92 Å². The van der Waals surface area contributed by atoms with Gasteiger partial charge in [-0.2, -0.15) is 9.97 Å². The van der Waals surface area contributed by atoms with Crippen molar-refractivity contribution >= 4 is 24.9 Å². The summed E-state index contributed by atoms with van der Waals surface area (Å²) in [5, 5.41) is 0. The summed E-state index contributed by atoms with van der Waals surface area (Å²) in [6.45, 7) is 6.64. The molecule has 0 aromatic carbocycles. The van der Waals surface area contributed by atoms with E-state index >= 15 is 4.39 Å². The van der Waals surface area contributed by atoms with Gasteiger partial charge in [-0.05, 0) is 20.8 Å². The van der Waals surface area contributed by atoms with Crippen LogP contribution in [0.4, 0.5) is 10.3 Å². The zero-order valence-corrected chi connectivity index (χ0v) is 17.3. The number of nitrogen functional groups attached to an aromatic ring is 1. The van der Waals surface area contributed by atoms with Gasteiger partial charge in [0.1, 0.15) is 18.9 Å². The molecule has 2 fully saturated rings. The number of phosphoric ester groups is 1. The van der Waals surface area contributed by atoms with Gasteiger partial charge in [0, 0.05) is 5.92 Å². The van der Waals surface area contributed by atoms with Crippen LogP contribution in [0.2, 0.25) is 0 Å². The van der Waals surface area contributed by atoms with Crippen LogP contribution in [0, 0.1) is 5.92 Å². The Kier molecular flexibility index (Phi) is 5.02. The minimum Gasteiger partial charge on any atom is -0.476 e. The number of hydrogen-bond acceptors (Lipinski definition) is 10. The molecule has 1 unspecified atom stereocenters. The summed E-state index contributed by atoms with van der Waals surface area (Å²) in [5.74, 6) is -2.68. The van der Waals surface area contributed by atoms with Crippen LogP contribution in [0.3, 0.4) is 0 Å². The summed E-state index contributed by atoms with van der Waals surface area (Å²) in [6, 6.07) is 0. The summed E-state index contributed by atoms with van der Waals surface area (Å²) in [4.78, 5) is 12.5. The summed E-state index contributed by atoms with van der Waals surface area (Å²) >= 11 is 0. The molecule has 0 amide bonds. The van der Waals surface area contributed by atoms with Crippen LogP contribution in [0.1, 0.15) is 33.9 Å². The number of fused-ring (bicyclic) bond motifs is 2. The van der Waals surface area contributed by atoms with Crippen molar-refractivity contribution < 1.29 is 32.0 Å². The third-order valence-corrected chi connectivity index (χ3v) is 6.24. The van der Waals surface area contributed by atoms with Crippen LogP contribution < -0.4 is 10.5 Å². The Morgan fingerprint density at radius 2 is 2.24 bits per heavy atom. The Morgan fingerprint density at radius 3 is 2.93 bits per heavy atom. The molecule has 2 aromatic heterocycles. The molecular formula is C16H23FN5O6P. The monoisotopic (exact) mass is 431 g/mol. The highest BCUT2D eigenvalue weighted by Gasteiger charge is 2.62. The normalized spacial score (nSPS) is 34.6. The lowest BCUT2D eigenvalue weighted by Gasteiger charge is -2.35. The smallest absolute Gasteiger partial charge is 0.475 e. The van der Waals surface area contributed by atoms with Crippen molar-refractivity contribution in [2.24, 2.45) is 5.92 Å². The van der Waals surface area contributed by atoms with Crippen molar-refractivity contribution in [1.82, 2.24) is 19.5 Å². The molecule has 0 bridgehead atoms. The maximum absolute atomic E-state index is 15.4. The molecule has 0 radical (unpaired) electrons. The molecule has 2 aromatic rings. The Morgan fingerprint density at radius 1 is 1.48 bits per heavy atom. The molecule has 4 heterocycles. The molecule has 0 saturated carbocycles. The first kappa shape index (κ1) is 20.4. The molecule has 0 aliphatic carbocycles. The van der Waals surface area contributed by atoms with Crippen molar-refractivity contribution in [2.45, 2.75) is 52.0 Å². The zero-order chi connectivity index (χ0) is 21.0. The van der Waals surface area contributed by atoms with Gasteiger partial charge < -0.3 is 15.2 Å². The summed E-state index contributed by atoms with van der Waals surface area (Å²) < 4.78 is 56.5. The summed E-state index contributed by atoms with van der Waals surface area (Å²) in [7, 11) is -3.91. The molecule has 2 N–H and O–H groups in total. The fraction of sp³-hybridized carbons (Fsp3) is 0.688. The van der Waals surface area contributed by atoms with Gasteiger partial charge in [-0.15, -0.1) is 0 Å². The van der Waals surface area contributed by atoms with Gasteiger partial charge in [-0.25, -0.2) is 13.9 Å². The molecular weight excluding hydrogens is 408 g/mol. The standard InChI is InChI=1S/C16H23FN5O6P/c1-5-24-13-10-12(20-15(18)21-13)22(7-19-10)14-9(4)11-16(17,26-14)6-25-29(23,28-11)27-8(2)3/h7-9,11,14H,5-6H2,1-4H3,(H2,18,20,21)/t9-,11-,14+,16+,29?/m0/s1. The van der Waals surface area contributed by atoms with Crippen LogP contribution in [0.25, 0.3) is 11.2 Å². The van der Waals surface area contributed by atoms with Crippen LogP contribution in [0.5, 0.6) is 5.88 Å². The fourth-order valence-electron chi connectivity index (χ4n) is 3.50. The number of ether oxygens (including phenoxy) is 2. The van der Waals surface area contributed by atoms with Gasteiger partial charge in [0.2, 0.25) is 11.8 Å². The molecule has 160 valence electrons. The topological polar surface area (TPSA) is 133 Å². The van der Waals surface area contributed by atoms with E-state index in [-0.39, 0.29) is 11.8 Å². The number of nitrogens with zero attached hydrogens (tertiary/aromatic N) is 4. The molecule has 2 aliphatic heterocycles. The van der Waals surface area contributed by atoms with Gasteiger partial charge in [0.15, 0.2) is 11.2 Å². The molecule has 5 atom stereocenters. The number of nitrogens with two attached hydrogens (primary N) is 1. The number of anilines is 1. The average molecular weight is 431 g/mol. The molecule has 2 saturated heterocycles. The van der Waals surface area contributed by atoms with Gasteiger partial charge >= 0.3 is 7.82 Å². The maximum atomic E-state index is 15.4. The quantitative estimate of drug-likeness (QED) is 0.704. The second kappa shape index (κ2) is 7.13. The first-order valence-electron chi connectivity index (χ1n) is 9.26. The van der Waals surface area contributed by atoms with Crippen LogP contribution in [-0.4, -0.2) is 50.8 Å². The summed E-state index contributed by atoms with van der Waals surface area (Å²) in [5.41, 5.74) is 6.47. The number of hydrogen-bond donors (Lipinski definition) is 1. The molecule has 2 aliphatic rings. The number of imidazole rings is 1. The van der Waals surface area contributed by atoms with Gasteiger partial charge in [0.25, 0.3) is 5.85 Å². The Bertz CT molecular complexity index is 973. The minimum absolute atomic E-state index is 0.0184. The largest absolute Gasteiger partial charge is 0.476 e. The molecule has 4 rings (SSSR count). The molecule has 29 heavy (non-hydrogen) atoms. The number of alkyl halides is 1. The highest BCUT2D eigenvalue weighted by molar-refractivity contribution is 7.48. The van der Waals surface area contributed by atoms with Crippen molar-refractivity contribution in [1.29, 1.82) is 0 Å². The predicted octanol–water partition coefficient (Wildman–Crippen LogP) is 2.59. The molecule has 0 spiro atoms. The Labute approximate surface area is 166 Å². The van der Waals surface area contributed by atoms with Crippen LogP contribution in [-0.2, 0) is 22.9 Å². The lowest BCUT2D eigenvalue weighted by molar-refractivity contribution is -0.220. The SMILES string of the molecule is CCOc1nc(N)nc2c1ncn2[C@@H]1O[C@]2(F)COP(=O)(OC(C)C)O[C@H]2[C@@H]1C. The van der Waals surface area contributed by atoms with Crippen LogP contribution in [0.15, 0.2) is 6.33 Å². The lowest BCUT2D eigenvalue weighted by Crippen LogP contribution is -2.46. The van der Waals surface area contributed by atoms with Crippen LogP contribution >= 0.6 is 7.82 Å². The van der Waals surface area contributed by atoms with Crippen molar-refractivity contribution in [3.63, 3.8) is 0 Å². The van der Waals surface area contributed by atoms with E-state index in [1.54, 1.807) is 27.7 Å². The second-order valence-corrected chi connectivity index (χ2v) is 8.77. The van der Waals surface area contributed by atoms with Crippen molar-refractivity contribution in [3.8, 4) is 5.88 Å². The van der Waals surface area contributed by atoms with E-state index in [2.05, 4.69) is 15.0 Å². The van der Waals surface area contributed by atoms with E-state index < -0.39 is 44.6 Å². The number of halogens is 1. The van der Waals surface area contributed by atoms with Crippen molar-refractivity contribution in [2.75, 3.05) is 18.9 Å². The molecule has 11 nitrogen and oxygen atoms in total. The Hall–Kier alpha value is -1.85. The van der Waals surface area contributed by atoms with E-state index in [0.29, 0.717) is 17.8 Å². The van der Waals surface area contributed by atoms with E-state index in [9.17, 15) is 4.57 Å². The Balaban J connectivity index is 1.69. The lowest BCUT2D eigenvalue weighted by atomic mass is 10.0. The highest BCUT2D eigenvalue weighted by atomic mass is 31.2. The second-order valence-electron chi connectivity index (χ2n) is 7.20. The minimum atomic E-state index is -3.91. The van der Waals surface area contributed by atoms with Crippen molar-refractivity contribution in [3.05, 3.63) is 6.33 Å². The van der Waals surface area contributed by atoms with E-state index in [4.69, 9.17) is 28.8 Å². The number of rotatable bonds is 5. The predicted molar refractivity (Wildman–Crippen MR) is 98.7 cm³/mol. The highest BCUT2D eigenvalue weighted by Crippen LogP contribution is 2.61. The third kappa shape index (κ3) is 3.49. The fourth-order valence-corrected chi connectivity index (χ4v) is 5.15. The zero-order valence-electron chi connectivity index (χ0n) is 16.4. The number of aromatic nitrogens is 4. The van der Waals surface area contributed by atoms with Gasteiger partial charge in [0.05, 0.1) is 19.0 Å². The van der Waals surface area contributed by atoms with E-state index in [0.717, 1.165) is 0 Å². The van der Waals surface area contributed by atoms with E-state index in [1.807, 2.05) is 0 Å². The molecule has 13 heteroatoms. The third-order valence-electron chi connectivity index (χ3n) is 4.63. The first-order valence-corrected chi connectivity index (χ1v) is 10.7. The first-order chi connectivity index (χ1) is 13.7. The summed E-state index contributed by atoms with van der Waals surface area (Å²) in [6.07, 6.45) is -1.02. The van der Waals surface area contributed by atoms with E-state index in [1.165, 1.54) is 10.9 Å². The number of phosphoric acid groups is 1. The van der Waals surface area contributed by atoms with Gasteiger partial charge in [-0.3, -0.25) is 18.1 Å².